The second kappa shape index (κ2) is 7.31. The Bertz CT molecular complexity index is 631. The number of nitrogens with one attached hydrogen (secondary N) is 1. The Morgan fingerprint density at radius 3 is 2.36 bits per heavy atom. The molecule has 2 heterocycles. The third-order valence-electron chi connectivity index (χ3n) is 3.62. The molecule has 0 saturated heterocycles. The zero-order chi connectivity index (χ0) is 15.2. The number of hydrogen-bond donors (Lipinski definition) is 2. The number of aromatic nitrogens is 1. The first-order chi connectivity index (χ1) is 10.8. The molecule has 0 aliphatic heterocycles. The first-order valence-electron chi connectivity index (χ1n) is 7.23. The maximum absolute atomic E-state index is 10.3. The SMILES string of the molecule is OC(CNC(c1ccccc1)c1ccncc1)c1ccsc1. The van der Waals surface area contributed by atoms with E-state index in [1.807, 2.05) is 47.2 Å². The minimum atomic E-state index is -0.501. The Morgan fingerprint density at radius 2 is 1.68 bits per heavy atom. The lowest BCUT2D eigenvalue weighted by Crippen LogP contribution is -2.27. The standard InChI is InChI=1S/C18H18N2OS/c21-17(16-8-11-22-13-16)12-20-18(14-4-2-1-3-5-14)15-6-9-19-10-7-15/h1-11,13,17-18,20-21H,12H2. The van der Waals surface area contributed by atoms with Crippen LogP contribution in [0, 0.1) is 0 Å². The largest absolute Gasteiger partial charge is 0.387 e. The molecule has 0 spiro atoms. The fourth-order valence-electron chi connectivity index (χ4n) is 2.44. The van der Waals surface area contributed by atoms with Crippen LogP contribution in [0.2, 0.25) is 0 Å². The molecule has 2 N–H and O–H groups in total. The monoisotopic (exact) mass is 310 g/mol. The van der Waals surface area contributed by atoms with Crippen LogP contribution in [0.3, 0.4) is 0 Å². The Labute approximate surface area is 134 Å². The molecule has 0 saturated carbocycles. The molecule has 3 rings (SSSR count). The normalized spacial score (nSPS) is 13.7. The lowest BCUT2D eigenvalue weighted by Gasteiger charge is -2.21. The Kier molecular flexibility index (Phi) is 4.96. The molecule has 2 unspecified atom stereocenters. The lowest BCUT2D eigenvalue weighted by molar-refractivity contribution is 0.172. The van der Waals surface area contributed by atoms with Crippen molar-refractivity contribution in [2.45, 2.75) is 12.1 Å². The van der Waals surface area contributed by atoms with Gasteiger partial charge in [0.15, 0.2) is 0 Å². The van der Waals surface area contributed by atoms with E-state index in [1.54, 1.807) is 23.7 Å². The van der Waals surface area contributed by atoms with Crippen molar-refractivity contribution in [2.75, 3.05) is 6.54 Å². The van der Waals surface area contributed by atoms with Crippen LogP contribution in [0.4, 0.5) is 0 Å². The van der Waals surface area contributed by atoms with E-state index in [-0.39, 0.29) is 6.04 Å². The molecular weight excluding hydrogens is 292 g/mol. The van der Waals surface area contributed by atoms with Crippen LogP contribution in [0.25, 0.3) is 0 Å². The van der Waals surface area contributed by atoms with Crippen molar-refractivity contribution in [3.8, 4) is 0 Å². The second-order valence-electron chi connectivity index (χ2n) is 5.10. The van der Waals surface area contributed by atoms with Crippen LogP contribution in [0.5, 0.6) is 0 Å². The van der Waals surface area contributed by atoms with E-state index in [1.165, 1.54) is 5.56 Å². The predicted octanol–water partition coefficient (Wildman–Crippen LogP) is 3.56. The number of pyridine rings is 1. The van der Waals surface area contributed by atoms with Crippen molar-refractivity contribution in [2.24, 2.45) is 0 Å². The molecule has 0 bridgehead atoms. The molecular formula is C18H18N2OS. The van der Waals surface area contributed by atoms with Crippen molar-refractivity contribution >= 4 is 11.3 Å². The van der Waals surface area contributed by atoms with Crippen LogP contribution < -0.4 is 5.32 Å². The molecule has 22 heavy (non-hydrogen) atoms. The number of benzene rings is 1. The minimum absolute atomic E-state index is 0.0393. The summed E-state index contributed by atoms with van der Waals surface area (Å²) in [5, 5.41) is 17.7. The highest BCUT2D eigenvalue weighted by Crippen LogP contribution is 2.23. The summed E-state index contributed by atoms with van der Waals surface area (Å²) in [4.78, 5) is 4.08. The fourth-order valence-corrected chi connectivity index (χ4v) is 3.15. The van der Waals surface area contributed by atoms with Gasteiger partial charge in [0.1, 0.15) is 0 Å². The maximum atomic E-state index is 10.3. The third-order valence-corrected chi connectivity index (χ3v) is 4.32. The van der Waals surface area contributed by atoms with Crippen molar-refractivity contribution in [3.63, 3.8) is 0 Å². The maximum Gasteiger partial charge on any atom is 0.0922 e. The molecule has 1 aromatic carbocycles. The van der Waals surface area contributed by atoms with Crippen LogP contribution in [0.15, 0.2) is 71.7 Å². The quantitative estimate of drug-likeness (QED) is 0.732. The minimum Gasteiger partial charge on any atom is -0.387 e. The highest BCUT2D eigenvalue weighted by molar-refractivity contribution is 7.07. The number of aliphatic hydroxyl groups excluding tert-OH is 1. The molecule has 0 aliphatic rings. The van der Waals surface area contributed by atoms with E-state index in [9.17, 15) is 5.11 Å². The molecule has 2 aromatic heterocycles. The van der Waals surface area contributed by atoms with Gasteiger partial charge < -0.3 is 10.4 Å². The smallest absolute Gasteiger partial charge is 0.0922 e. The Balaban J connectivity index is 1.78. The van der Waals surface area contributed by atoms with E-state index >= 15 is 0 Å². The van der Waals surface area contributed by atoms with Gasteiger partial charge in [0.25, 0.3) is 0 Å². The Morgan fingerprint density at radius 1 is 0.955 bits per heavy atom. The summed E-state index contributed by atoms with van der Waals surface area (Å²) in [5.74, 6) is 0. The summed E-state index contributed by atoms with van der Waals surface area (Å²) in [7, 11) is 0. The van der Waals surface area contributed by atoms with E-state index in [0.29, 0.717) is 6.54 Å². The number of rotatable bonds is 6. The highest BCUT2D eigenvalue weighted by Gasteiger charge is 2.16. The first kappa shape index (κ1) is 14.9. The molecule has 0 amide bonds. The molecule has 0 fully saturated rings. The highest BCUT2D eigenvalue weighted by atomic mass is 32.1. The third kappa shape index (κ3) is 3.60. The van der Waals surface area contributed by atoms with Crippen molar-refractivity contribution in [3.05, 3.63) is 88.4 Å². The van der Waals surface area contributed by atoms with Crippen molar-refractivity contribution in [1.82, 2.24) is 10.3 Å². The van der Waals surface area contributed by atoms with Gasteiger partial charge in [0.2, 0.25) is 0 Å². The molecule has 4 heteroatoms. The van der Waals surface area contributed by atoms with Gasteiger partial charge in [0.05, 0.1) is 12.1 Å². The number of nitrogens with zero attached hydrogens (tertiary/aromatic N) is 1. The summed E-state index contributed by atoms with van der Waals surface area (Å²) in [6.45, 7) is 0.499. The summed E-state index contributed by atoms with van der Waals surface area (Å²) in [6.07, 6.45) is 3.09. The van der Waals surface area contributed by atoms with Gasteiger partial charge in [-0.1, -0.05) is 30.3 Å². The average molecular weight is 310 g/mol. The van der Waals surface area contributed by atoms with Crippen molar-refractivity contribution in [1.29, 1.82) is 0 Å². The molecule has 0 aliphatic carbocycles. The van der Waals surface area contributed by atoms with Gasteiger partial charge in [0, 0.05) is 18.9 Å². The van der Waals surface area contributed by atoms with Crippen molar-refractivity contribution < 1.29 is 5.11 Å². The predicted molar refractivity (Wildman–Crippen MR) is 89.8 cm³/mol. The number of thiophene rings is 1. The van der Waals surface area contributed by atoms with E-state index in [2.05, 4.69) is 22.4 Å². The summed E-state index contributed by atoms with van der Waals surface area (Å²) in [5.41, 5.74) is 3.27. The topological polar surface area (TPSA) is 45.1 Å². The summed E-state index contributed by atoms with van der Waals surface area (Å²) in [6, 6.07) is 16.3. The van der Waals surface area contributed by atoms with Gasteiger partial charge in [-0.05, 0) is 45.6 Å². The van der Waals surface area contributed by atoms with Gasteiger partial charge in [-0.15, -0.1) is 0 Å². The molecule has 0 radical (unpaired) electrons. The van der Waals surface area contributed by atoms with E-state index in [4.69, 9.17) is 0 Å². The van der Waals surface area contributed by atoms with Crippen LogP contribution >= 0.6 is 11.3 Å². The van der Waals surface area contributed by atoms with Gasteiger partial charge in [-0.2, -0.15) is 11.3 Å². The number of hydrogen-bond acceptors (Lipinski definition) is 4. The van der Waals surface area contributed by atoms with Gasteiger partial charge in [-0.3, -0.25) is 4.98 Å². The molecule has 2 atom stereocenters. The van der Waals surface area contributed by atoms with E-state index in [0.717, 1.165) is 11.1 Å². The zero-order valence-corrected chi connectivity index (χ0v) is 12.9. The first-order valence-corrected chi connectivity index (χ1v) is 8.17. The Hall–Kier alpha value is -2.01. The fraction of sp³-hybridized carbons (Fsp3) is 0.167. The molecule has 112 valence electrons. The van der Waals surface area contributed by atoms with Crippen LogP contribution in [-0.4, -0.2) is 16.6 Å². The van der Waals surface area contributed by atoms with E-state index < -0.39 is 6.10 Å². The lowest BCUT2D eigenvalue weighted by atomic mass is 9.99. The zero-order valence-electron chi connectivity index (χ0n) is 12.1. The molecule has 3 nitrogen and oxygen atoms in total. The summed E-state index contributed by atoms with van der Waals surface area (Å²) < 4.78 is 0. The number of aliphatic hydroxyl groups is 1. The van der Waals surface area contributed by atoms with Gasteiger partial charge in [-0.25, -0.2) is 0 Å². The second-order valence-corrected chi connectivity index (χ2v) is 5.89. The van der Waals surface area contributed by atoms with Gasteiger partial charge >= 0.3 is 0 Å². The molecule has 3 aromatic rings. The van der Waals surface area contributed by atoms with Crippen LogP contribution in [0.1, 0.15) is 28.8 Å². The average Bonchev–Trinajstić information content (AvgIpc) is 3.11. The summed E-state index contributed by atoms with van der Waals surface area (Å²) >= 11 is 1.60. The van der Waals surface area contributed by atoms with Crippen LogP contribution in [-0.2, 0) is 0 Å².